The fourth-order valence-corrected chi connectivity index (χ4v) is 1.72. The zero-order valence-electron chi connectivity index (χ0n) is 10.7. The number of aromatic nitrogens is 3. The van der Waals surface area contributed by atoms with E-state index in [-0.39, 0.29) is 0 Å². The summed E-state index contributed by atoms with van der Waals surface area (Å²) in [6.45, 7) is 2.49. The SMILES string of the molecule is CCOc1cccc(/C=N\n2cn[nH]c2=S)c1OC. The Balaban J connectivity index is 2.34. The van der Waals surface area contributed by atoms with E-state index in [1.54, 1.807) is 13.3 Å². The third-order valence-electron chi connectivity index (χ3n) is 2.37. The maximum Gasteiger partial charge on any atom is 0.216 e. The van der Waals surface area contributed by atoms with E-state index in [9.17, 15) is 0 Å². The number of nitrogens with zero attached hydrogens (tertiary/aromatic N) is 3. The van der Waals surface area contributed by atoms with E-state index in [1.807, 2.05) is 25.1 Å². The molecular formula is C12H14N4O2S. The standard InChI is InChI=1S/C12H14N4O2S/c1-3-18-10-6-4-5-9(11(10)17-2)7-14-16-8-13-15-12(16)19/h4-8H,3H2,1-2H3,(H,15,19)/b14-7-. The van der Waals surface area contributed by atoms with Gasteiger partial charge in [-0.25, -0.2) is 0 Å². The van der Waals surface area contributed by atoms with E-state index in [2.05, 4.69) is 15.3 Å². The Hall–Kier alpha value is -2.15. The van der Waals surface area contributed by atoms with E-state index < -0.39 is 0 Å². The topological polar surface area (TPSA) is 64.4 Å². The number of nitrogens with one attached hydrogen (secondary N) is 1. The number of aromatic amines is 1. The maximum atomic E-state index is 5.50. The first-order valence-corrected chi connectivity index (χ1v) is 6.13. The number of benzene rings is 1. The van der Waals surface area contributed by atoms with Gasteiger partial charge in [-0.05, 0) is 31.3 Å². The molecule has 100 valence electrons. The molecule has 0 atom stereocenters. The second-order valence-electron chi connectivity index (χ2n) is 3.56. The van der Waals surface area contributed by atoms with Gasteiger partial charge in [0.1, 0.15) is 6.33 Å². The molecule has 0 spiro atoms. The van der Waals surface area contributed by atoms with Gasteiger partial charge in [0.05, 0.1) is 19.9 Å². The van der Waals surface area contributed by atoms with E-state index in [1.165, 1.54) is 11.0 Å². The molecule has 1 aromatic carbocycles. The van der Waals surface area contributed by atoms with Gasteiger partial charge in [-0.15, -0.1) is 0 Å². The van der Waals surface area contributed by atoms with Crippen molar-refractivity contribution in [3.05, 3.63) is 34.9 Å². The highest BCUT2D eigenvalue weighted by molar-refractivity contribution is 7.71. The summed E-state index contributed by atoms with van der Waals surface area (Å²) in [4.78, 5) is 0. The zero-order chi connectivity index (χ0) is 13.7. The lowest BCUT2D eigenvalue weighted by atomic mass is 10.2. The summed E-state index contributed by atoms with van der Waals surface area (Å²) in [7, 11) is 1.60. The van der Waals surface area contributed by atoms with Crippen LogP contribution in [0.25, 0.3) is 0 Å². The molecule has 2 aromatic rings. The average molecular weight is 278 g/mol. The highest BCUT2D eigenvalue weighted by Crippen LogP contribution is 2.29. The Morgan fingerprint density at radius 2 is 2.37 bits per heavy atom. The number of hydrogen-bond acceptors (Lipinski definition) is 5. The van der Waals surface area contributed by atoms with Gasteiger partial charge in [-0.1, -0.05) is 6.07 Å². The average Bonchev–Trinajstić information content (AvgIpc) is 2.82. The molecule has 1 N–H and O–H groups in total. The van der Waals surface area contributed by atoms with Crippen LogP contribution < -0.4 is 9.47 Å². The smallest absolute Gasteiger partial charge is 0.216 e. The van der Waals surface area contributed by atoms with Crippen molar-refractivity contribution >= 4 is 18.4 Å². The minimum absolute atomic E-state index is 0.427. The molecule has 0 unspecified atom stereocenters. The Bertz CT molecular complexity index is 633. The monoisotopic (exact) mass is 278 g/mol. The molecule has 2 rings (SSSR count). The van der Waals surface area contributed by atoms with Crippen molar-refractivity contribution in [1.29, 1.82) is 0 Å². The fraction of sp³-hybridized carbons (Fsp3) is 0.250. The number of H-pyrrole nitrogens is 1. The number of para-hydroxylation sites is 1. The molecule has 0 saturated heterocycles. The first-order chi connectivity index (χ1) is 9.26. The first-order valence-electron chi connectivity index (χ1n) is 5.72. The highest BCUT2D eigenvalue weighted by Gasteiger charge is 2.08. The molecule has 0 aliphatic heterocycles. The lowest BCUT2D eigenvalue weighted by molar-refractivity contribution is 0.310. The third-order valence-corrected chi connectivity index (χ3v) is 2.65. The predicted molar refractivity (Wildman–Crippen MR) is 74.6 cm³/mol. The van der Waals surface area contributed by atoms with Gasteiger partial charge in [-0.3, -0.25) is 5.10 Å². The summed E-state index contributed by atoms with van der Waals surface area (Å²) in [6, 6.07) is 5.61. The Labute approximate surface area is 115 Å². The number of rotatable bonds is 5. The molecule has 0 bridgehead atoms. The number of methoxy groups -OCH3 is 1. The van der Waals surface area contributed by atoms with E-state index in [0.29, 0.717) is 22.9 Å². The molecule has 7 heteroatoms. The zero-order valence-corrected chi connectivity index (χ0v) is 11.5. The fourth-order valence-electron chi connectivity index (χ4n) is 1.57. The predicted octanol–water partition coefficient (Wildman–Crippen LogP) is 2.23. The van der Waals surface area contributed by atoms with Crippen LogP contribution in [0.2, 0.25) is 0 Å². The number of hydrogen-bond donors (Lipinski definition) is 1. The minimum Gasteiger partial charge on any atom is -0.492 e. The molecule has 0 fully saturated rings. The van der Waals surface area contributed by atoms with Crippen molar-refractivity contribution in [2.45, 2.75) is 6.92 Å². The van der Waals surface area contributed by atoms with Crippen LogP contribution in [0.3, 0.4) is 0 Å². The van der Waals surface area contributed by atoms with Crippen LogP contribution in [0.1, 0.15) is 12.5 Å². The van der Waals surface area contributed by atoms with Crippen LogP contribution in [-0.4, -0.2) is 34.8 Å². The quantitative estimate of drug-likeness (QED) is 0.673. The van der Waals surface area contributed by atoms with Crippen LogP contribution in [0, 0.1) is 4.77 Å². The molecule has 1 heterocycles. The molecule has 0 radical (unpaired) electrons. The lowest BCUT2D eigenvalue weighted by Gasteiger charge is -2.10. The van der Waals surface area contributed by atoms with Gasteiger partial charge in [0, 0.05) is 5.56 Å². The summed E-state index contributed by atoms with van der Waals surface area (Å²) in [5, 5.41) is 10.6. The van der Waals surface area contributed by atoms with Crippen LogP contribution >= 0.6 is 12.2 Å². The van der Waals surface area contributed by atoms with Crippen molar-refractivity contribution in [2.24, 2.45) is 5.10 Å². The molecule has 0 saturated carbocycles. The minimum atomic E-state index is 0.427. The van der Waals surface area contributed by atoms with Crippen molar-refractivity contribution in [2.75, 3.05) is 13.7 Å². The summed E-state index contributed by atoms with van der Waals surface area (Å²) in [5.74, 6) is 1.33. The van der Waals surface area contributed by atoms with Gasteiger partial charge in [-0.2, -0.15) is 14.9 Å². The number of ether oxygens (including phenoxy) is 2. The highest BCUT2D eigenvalue weighted by atomic mass is 32.1. The van der Waals surface area contributed by atoms with E-state index in [0.717, 1.165) is 5.56 Å². The summed E-state index contributed by atoms with van der Waals surface area (Å²) in [6.07, 6.45) is 3.14. The molecule has 0 aliphatic carbocycles. The maximum absolute atomic E-state index is 5.50. The molecule has 1 aromatic heterocycles. The van der Waals surface area contributed by atoms with Crippen molar-refractivity contribution in [3.63, 3.8) is 0 Å². The summed E-state index contributed by atoms with van der Waals surface area (Å²) in [5.41, 5.74) is 0.802. The van der Waals surface area contributed by atoms with Crippen LogP contribution in [0.4, 0.5) is 0 Å². The molecular weight excluding hydrogens is 264 g/mol. The molecule has 0 amide bonds. The van der Waals surface area contributed by atoms with Crippen molar-refractivity contribution < 1.29 is 9.47 Å². The second kappa shape index (κ2) is 6.14. The first kappa shape index (κ1) is 13.3. The van der Waals surface area contributed by atoms with Gasteiger partial charge in [0.2, 0.25) is 4.77 Å². The Kier molecular flexibility index (Phi) is 4.30. The van der Waals surface area contributed by atoms with Crippen LogP contribution in [0.5, 0.6) is 11.5 Å². The summed E-state index contributed by atoms with van der Waals surface area (Å²) >= 11 is 5.00. The largest absolute Gasteiger partial charge is 0.492 e. The Morgan fingerprint density at radius 3 is 3.00 bits per heavy atom. The van der Waals surface area contributed by atoms with E-state index in [4.69, 9.17) is 21.7 Å². The van der Waals surface area contributed by atoms with Crippen LogP contribution in [-0.2, 0) is 0 Å². The molecule has 6 nitrogen and oxygen atoms in total. The Morgan fingerprint density at radius 1 is 1.53 bits per heavy atom. The van der Waals surface area contributed by atoms with Gasteiger partial charge < -0.3 is 9.47 Å². The lowest BCUT2D eigenvalue weighted by Crippen LogP contribution is -1.99. The third kappa shape index (κ3) is 3.00. The van der Waals surface area contributed by atoms with Crippen molar-refractivity contribution in [1.82, 2.24) is 14.9 Å². The van der Waals surface area contributed by atoms with Crippen molar-refractivity contribution in [3.8, 4) is 11.5 Å². The second-order valence-corrected chi connectivity index (χ2v) is 3.95. The molecule has 0 aliphatic rings. The summed E-state index contributed by atoms with van der Waals surface area (Å²) < 4.78 is 12.7. The van der Waals surface area contributed by atoms with Gasteiger partial charge >= 0.3 is 0 Å². The molecule has 19 heavy (non-hydrogen) atoms. The van der Waals surface area contributed by atoms with Gasteiger partial charge in [0.15, 0.2) is 11.5 Å². The van der Waals surface area contributed by atoms with Crippen LogP contribution in [0.15, 0.2) is 29.6 Å². The van der Waals surface area contributed by atoms with Gasteiger partial charge in [0.25, 0.3) is 0 Å². The normalized spacial score (nSPS) is 10.8. The van der Waals surface area contributed by atoms with E-state index >= 15 is 0 Å².